The quantitative estimate of drug-likeness (QED) is 0.697. The predicted molar refractivity (Wildman–Crippen MR) is 122 cm³/mol. The molecule has 1 unspecified atom stereocenters. The van der Waals surface area contributed by atoms with E-state index in [0.29, 0.717) is 38.8 Å². The predicted octanol–water partition coefficient (Wildman–Crippen LogP) is 3.77. The Morgan fingerprint density at radius 3 is 2.42 bits per heavy atom. The molecule has 0 aromatic carbocycles. The Hall–Kier alpha value is -2.66. The number of hydrogen-bond acceptors (Lipinski definition) is 8. The van der Waals surface area contributed by atoms with Gasteiger partial charge in [0, 0.05) is 37.5 Å². The average Bonchev–Trinajstić information content (AvgIpc) is 3.34. The SMILES string of the molecule is CC.CC.Nc1cc(C(F)(F)F)c(-c2cc(OC3CCNC3)nc(N3CCOCC3)n2)cn1. The van der Waals surface area contributed by atoms with Gasteiger partial charge >= 0.3 is 6.18 Å². The van der Waals surface area contributed by atoms with E-state index < -0.39 is 11.7 Å². The van der Waals surface area contributed by atoms with Gasteiger partial charge in [0.1, 0.15) is 11.9 Å². The van der Waals surface area contributed by atoms with Crippen molar-refractivity contribution in [2.75, 3.05) is 50.0 Å². The molecule has 1 atom stereocenters. The highest BCUT2D eigenvalue weighted by atomic mass is 19.4. The van der Waals surface area contributed by atoms with Crippen LogP contribution in [-0.2, 0) is 10.9 Å². The van der Waals surface area contributed by atoms with Crippen LogP contribution in [0.5, 0.6) is 5.88 Å². The van der Waals surface area contributed by atoms with Crippen LogP contribution in [0.4, 0.5) is 24.9 Å². The van der Waals surface area contributed by atoms with Crippen molar-refractivity contribution in [2.24, 2.45) is 0 Å². The summed E-state index contributed by atoms with van der Waals surface area (Å²) in [4.78, 5) is 14.5. The third-order valence-electron chi connectivity index (χ3n) is 4.79. The van der Waals surface area contributed by atoms with E-state index in [1.165, 1.54) is 6.07 Å². The highest BCUT2D eigenvalue weighted by Crippen LogP contribution is 2.38. The highest BCUT2D eigenvalue weighted by Gasteiger charge is 2.35. The fourth-order valence-electron chi connectivity index (χ4n) is 3.33. The number of nitrogens with two attached hydrogens (primary N) is 1. The molecule has 0 amide bonds. The van der Waals surface area contributed by atoms with Gasteiger partial charge in [-0.25, -0.2) is 9.97 Å². The zero-order valence-electron chi connectivity index (χ0n) is 19.6. The summed E-state index contributed by atoms with van der Waals surface area (Å²) in [6.45, 7) is 11.5. The van der Waals surface area contributed by atoms with E-state index in [1.54, 1.807) is 0 Å². The monoisotopic (exact) mass is 470 g/mol. The molecule has 2 aromatic heterocycles. The van der Waals surface area contributed by atoms with Gasteiger partial charge in [-0.2, -0.15) is 18.2 Å². The van der Waals surface area contributed by atoms with Crippen LogP contribution in [-0.4, -0.2) is 60.4 Å². The minimum atomic E-state index is -4.60. The number of anilines is 2. The maximum atomic E-state index is 13.6. The molecule has 11 heteroatoms. The Morgan fingerprint density at radius 1 is 1.12 bits per heavy atom. The highest BCUT2D eigenvalue weighted by molar-refractivity contribution is 5.67. The number of rotatable bonds is 4. The zero-order valence-corrected chi connectivity index (χ0v) is 19.6. The lowest BCUT2D eigenvalue weighted by Crippen LogP contribution is -2.37. The van der Waals surface area contributed by atoms with Gasteiger partial charge in [-0.3, -0.25) is 0 Å². The molecule has 2 aliphatic rings. The van der Waals surface area contributed by atoms with Crippen molar-refractivity contribution in [1.82, 2.24) is 20.3 Å². The van der Waals surface area contributed by atoms with Crippen molar-refractivity contribution in [3.8, 4) is 17.1 Å². The summed E-state index contributed by atoms with van der Waals surface area (Å²) in [7, 11) is 0. The number of hydrogen-bond donors (Lipinski definition) is 2. The molecule has 3 N–H and O–H groups in total. The average molecular weight is 471 g/mol. The van der Waals surface area contributed by atoms with Crippen LogP contribution in [0.3, 0.4) is 0 Å². The van der Waals surface area contributed by atoms with Crippen molar-refractivity contribution >= 4 is 11.8 Å². The third-order valence-corrected chi connectivity index (χ3v) is 4.79. The Labute approximate surface area is 192 Å². The molecule has 8 nitrogen and oxygen atoms in total. The van der Waals surface area contributed by atoms with E-state index in [4.69, 9.17) is 15.2 Å². The first kappa shape index (κ1) is 26.6. The maximum Gasteiger partial charge on any atom is 0.417 e. The summed E-state index contributed by atoms with van der Waals surface area (Å²) in [6.07, 6.45) is -2.82. The summed E-state index contributed by atoms with van der Waals surface area (Å²) in [5, 5.41) is 3.18. The molecule has 4 rings (SSSR count). The molecule has 0 saturated carbocycles. The molecule has 0 spiro atoms. The lowest BCUT2D eigenvalue weighted by molar-refractivity contribution is -0.137. The van der Waals surface area contributed by atoms with Crippen molar-refractivity contribution in [1.29, 1.82) is 0 Å². The summed E-state index contributed by atoms with van der Waals surface area (Å²) in [5.74, 6) is 0.323. The van der Waals surface area contributed by atoms with Crippen LogP contribution in [0.2, 0.25) is 0 Å². The molecule has 2 aromatic rings. The van der Waals surface area contributed by atoms with Crippen LogP contribution in [0.1, 0.15) is 39.7 Å². The molecule has 2 saturated heterocycles. The first-order valence-corrected chi connectivity index (χ1v) is 11.3. The van der Waals surface area contributed by atoms with Crippen LogP contribution < -0.4 is 20.7 Å². The number of morpholine rings is 1. The minimum absolute atomic E-state index is 0.0854. The number of halogens is 3. The summed E-state index contributed by atoms with van der Waals surface area (Å²) < 4.78 is 52.1. The molecule has 0 bridgehead atoms. The Morgan fingerprint density at radius 2 is 1.82 bits per heavy atom. The van der Waals surface area contributed by atoms with Crippen LogP contribution in [0.15, 0.2) is 18.3 Å². The zero-order chi connectivity index (χ0) is 24.4. The van der Waals surface area contributed by atoms with Gasteiger partial charge in [0.05, 0.1) is 24.5 Å². The van der Waals surface area contributed by atoms with E-state index in [0.717, 1.165) is 25.2 Å². The minimum Gasteiger partial charge on any atom is -0.473 e. The van der Waals surface area contributed by atoms with E-state index >= 15 is 0 Å². The van der Waals surface area contributed by atoms with E-state index in [1.807, 2.05) is 32.6 Å². The molecule has 0 aliphatic carbocycles. The van der Waals surface area contributed by atoms with Crippen LogP contribution >= 0.6 is 0 Å². The molecule has 0 radical (unpaired) electrons. The smallest absolute Gasteiger partial charge is 0.417 e. The van der Waals surface area contributed by atoms with Gasteiger partial charge in [-0.15, -0.1) is 0 Å². The van der Waals surface area contributed by atoms with Gasteiger partial charge in [0.2, 0.25) is 11.8 Å². The molecular formula is C22H33F3N6O2. The second kappa shape index (κ2) is 12.5. The second-order valence-electron chi connectivity index (χ2n) is 6.88. The normalized spacial score (nSPS) is 18.0. The fourth-order valence-corrected chi connectivity index (χ4v) is 3.33. The topological polar surface area (TPSA) is 98.4 Å². The van der Waals surface area contributed by atoms with Crippen LogP contribution in [0.25, 0.3) is 11.3 Å². The largest absolute Gasteiger partial charge is 0.473 e. The molecular weight excluding hydrogens is 437 g/mol. The van der Waals surface area contributed by atoms with Crippen molar-refractivity contribution in [3.63, 3.8) is 0 Å². The Bertz CT molecular complexity index is 870. The summed E-state index contributed by atoms with van der Waals surface area (Å²) >= 11 is 0. The Kier molecular flexibility index (Phi) is 10.1. The maximum absolute atomic E-state index is 13.6. The standard InChI is InChI=1S/C18H21F3N6O2.2C2H6/c19-18(20,21)13-7-15(22)24-10-12(13)14-8-16(29-11-1-2-23-9-11)26-17(25-14)27-3-5-28-6-4-27;2*1-2/h7-8,10-11,23H,1-6,9H2,(H2,22,24);2*1-2H3. The number of aromatic nitrogens is 3. The molecule has 33 heavy (non-hydrogen) atoms. The molecule has 2 fully saturated rings. The lowest BCUT2D eigenvalue weighted by Gasteiger charge is -2.27. The number of ether oxygens (including phenoxy) is 2. The van der Waals surface area contributed by atoms with Crippen molar-refractivity contribution in [2.45, 2.75) is 46.4 Å². The van der Waals surface area contributed by atoms with Crippen molar-refractivity contribution < 1.29 is 22.6 Å². The number of nitrogen functional groups attached to an aromatic ring is 1. The van der Waals surface area contributed by atoms with Crippen LogP contribution in [0, 0.1) is 0 Å². The van der Waals surface area contributed by atoms with Crippen molar-refractivity contribution in [3.05, 3.63) is 23.9 Å². The summed E-state index contributed by atoms with van der Waals surface area (Å²) in [5.41, 5.74) is 4.51. The van der Waals surface area contributed by atoms with E-state index in [9.17, 15) is 13.2 Å². The first-order chi connectivity index (χ1) is 15.9. The molecule has 2 aliphatic heterocycles. The molecule has 184 valence electrons. The van der Waals surface area contributed by atoms with E-state index in [-0.39, 0.29) is 29.1 Å². The Balaban J connectivity index is 0.000000914. The summed E-state index contributed by atoms with van der Waals surface area (Å²) in [6, 6.07) is 2.23. The van der Waals surface area contributed by atoms with Gasteiger partial charge in [-0.05, 0) is 19.0 Å². The molecule has 4 heterocycles. The number of alkyl halides is 3. The van der Waals surface area contributed by atoms with Gasteiger partial charge < -0.3 is 25.4 Å². The lowest BCUT2D eigenvalue weighted by atomic mass is 10.1. The third kappa shape index (κ3) is 7.16. The number of pyridine rings is 1. The number of nitrogens with zero attached hydrogens (tertiary/aromatic N) is 4. The first-order valence-electron chi connectivity index (χ1n) is 11.3. The fraction of sp³-hybridized carbons (Fsp3) is 0.591. The second-order valence-corrected chi connectivity index (χ2v) is 6.88. The van der Waals surface area contributed by atoms with E-state index in [2.05, 4.69) is 20.3 Å². The van der Waals surface area contributed by atoms with Gasteiger partial charge in [0.15, 0.2) is 0 Å². The van der Waals surface area contributed by atoms with Gasteiger partial charge in [-0.1, -0.05) is 27.7 Å². The number of nitrogens with one attached hydrogen (secondary N) is 1. The van der Waals surface area contributed by atoms with Gasteiger partial charge in [0.25, 0.3) is 0 Å².